The van der Waals surface area contributed by atoms with E-state index >= 15 is 0 Å². The van der Waals surface area contributed by atoms with Gasteiger partial charge in [-0.05, 0) is 12.8 Å². The molecule has 0 unspecified atom stereocenters. The Bertz CT molecular complexity index is 987. The van der Waals surface area contributed by atoms with E-state index < -0.39 is 28.7 Å². The van der Waals surface area contributed by atoms with E-state index in [4.69, 9.17) is 14.7 Å². The van der Waals surface area contributed by atoms with Crippen molar-refractivity contribution in [3.05, 3.63) is 36.4 Å². The minimum absolute atomic E-state index is 0. The predicted molar refractivity (Wildman–Crippen MR) is 222 cm³/mol. The maximum absolute atomic E-state index is 8.28. The molecule has 0 aromatic heterocycles. The van der Waals surface area contributed by atoms with Crippen molar-refractivity contribution < 1.29 is 17.1 Å². The third-order valence-electron chi connectivity index (χ3n) is 9.91. The Morgan fingerprint density at radius 3 is 1.17 bits per heavy atom. The van der Waals surface area contributed by atoms with Gasteiger partial charge >= 0.3 is 260 Å². The van der Waals surface area contributed by atoms with Gasteiger partial charge < -0.3 is 30.6 Å². The Morgan fingerprint density at radius 1 is 0.596 bits per heavy atom. The third kappa shape index (κ3) is 12.1. The summed E-state index contributed by atoms with van der Waals surface area (Å²) in [6, 6.07) is 14.3. The number of benzene rings is 2. The average molecular weight is 808 g/mol. The van der Waals surface area contributed by atoms with Crippen LogP contribution in [0.3, 0.4) is 0 Å². The molecule has 0 spiro atoms. The van der Waals surface area contributed by atoms with E-state index in [1.165, 1.54) is 149 Å². The molecule has 1 fully saturated rings. The fraction of sp³-hybridized carbons (Fsp3) is 0.737. The van der Waals surface area contributed by atoms with Crippen molar-refractivity contribution in [2.45, 2.75) is 131 Å². The number of hydrogen-bond donors (Lipinski definition) is 0. The fourth-order valence-electron chi connectivity index (χ4n) is 7.25. The third-order valence-corrected chi connectivity index (χ3v) is 31.7. The first kappa shape index (κ1) is 45.6. The summed E-state index contributed by atoms with van der Waals surface area (Å²) in [5.74, 6) is 0. The maximum atomic E-state index is 8.28. The van der Waals surface area contributed by atoms with E-state index in [9.17, 15) is 0 Å². The first-order valence-electron chi connectivity index (χ1n) is 18.9. The molecule has 1 radical (unpaired) electrons. The number of nitrogens with zero attached hydrogens (tertiary/aromatic N) is 2. The van der Waals surface area contributed by atoms with Crippen LogP contribution in [0.25, 0.3) is 10.8 Å². The van der Waals surface area contributed by atoms with Crippen molar-refractivity contribution in [2.75, 3.05) is 57.4 Å². The van der Waals surface area contributed by atoms with Gasteiger partial charge in [-0.1, -0.05) is 0 Å². The van der Waals surface area contributed by atoms with Crippen LogP contribution in [0.15, 0.2) is 36.4 Å². The van der Waals surface area contributed by atoms with Crippen LogP contribution in [0.5, 0.6) is 0 Å². The van der Waals surface area contributed by atoms with Crippen LogP contribution < -0.4 is 19.7 Å². The number of anilines is 2. The number of thiol groups is 1. The number of ether oxygens (including phenoxy) is 1. The Hall–Kier alpha value is 0.593. The van der Waals surface area contributed by atoms with E-state index in [2.05, 4.69) is 85.2 Å². The van der Waals surface area contributed by atoms with Crippen LogP contribution in [-0.4, -0.2) is 64.0 Å². The van der Waals surface area contributed by atoms with Gasteiger partial charge in [-0.2, -0.15) is 0 Å². The van der Waals surface area contributed by atoms with Gasteiger partial charge in [0.25, 0.3) is 0 Å². The molecule has 9 heteroatoms. The molecule has 47 heavy (non-hydrogen) atoms. The summed E-state index contributed by atoms with van der Waals surface area (Å²) in [4.78, 5) is 0. The second-order valence-corrected chi connectivity index (χ2v) is 27.7. The first-order valence-corrected chi connectivity index (χ1v) is 28.2. The molecule has 2 aromatic rings. The summed E-state index contributed by atoms with van der Waals surface area (Å²) in [6.45, 7) is 16.3. The quantitative estimate of drug-likeness (QED) is 0.0573. The first-order chi connectivity index (χ1) is 22.0. The molecule has 0 atom stereocenters. The molecule has 2 aliphatic rings. The summed E-state index contributed by atoms with van der Waals surface area (Å²) < 4.78 is 11.1. The van der Waals surface area contributed by atoms with Gasteiger partial charge in [0.1, 0.15) is 0 Å². The molecular weight excluding hydrogens is 738 g/mol. The predicted octanol–water partition coefficient (Wildman–Crippen LogP) is 9.89. The van der Waals surface area contributed by atoms with Crippen molar-refractivity contribution in [3.8, 4) is 0 Å². The zero-order valence-electron chi connectivity index (χ0n) is 30.9. The van der Waals surface area contributed by atoms with Crippen LogP contribution in [0.1, 0.15) is 131 Å². The van der Waals surface area contributed by atoms with E-state index in [1.807, 2.05) is 0 Å². The van der Waals surface area contributed by atoms with E-state index in [0.717, 1.165) is 13.2 Å². The van der Waals surface area contributed by atoms with Gasteiger partial charge in [0.15, 0.2) is 0 Å². The van der Waals surface area contributed by atoms with Gasteiger partial charge in [-0.15, -0.1) is 0 Å². The Balaban J connectivity index is 0.00000144. The number of halogens is 2. The Morgan fingerprint density at radius 2 is 0.915 bits per heavy atom. The fourth-order valence-corrected chi connectivity index (χ4v) is 34.6. The minimum Gasteiger partial charge on any atom is -1.00 e. The standard InChI is InChI=1S/C34H60ClGeN2P2.C4H8O.ClH.H2S/c1-7-13-25-39(26-14-8-2,27-15-9-3)37-32-23-19-21-31-22-20-24-33(34(31)32)38(36(37)35)40(28-16-10-4,29-17-11-5)30-18-12-6;1-2-4-5-3-1;;/h19-24H,7-18,25-30H2,1-6H3;1-4H2;1H;1H2/q+2;;;/p-2. The molecule has 271 valence electrons. The number of rotatable bonds is 20. The molecule has 1 saturated heterocycles. The summed E-state index contributed by atoms with van der Waals surface area (Å²) in [5.41, 5.74) is 3.04. The van der Waals surface area contributed by atoms with Gasteiger partial charge in [-0.3, -0.25) is 0 Å². The molecule has 0 aliphatic carbocycles. The van der Waals surface area contributed by atoms with E-state index in [-0.39, 0.29) is 25.9 Å². The Labute approximate surface area is 314 Å². The monoisotopic (exact) mass is 807 g/mol. The van der Waals surface area contributed by atoms with Crippen molar-refractivity contribution in [1.29, 1.82) is 0 Å². The molecule has 2 aliphatic heterocycles. The summed E-state index contributed by atoms with van der Waals surface area (Å²) in [6.07, 6.45) is 26.7. The van der Waals surface area contributed by atoms with Crippen LogP contribution in [0.2, 0.25) is 0 Å². The second kappa shape index (κ2) is 24.7. The van der Waals surface area contributed by atoms with Gasteiger partial charge in [-0.25, -0.2) is 0 Å². The molecule has 0 amide bonds. The van der Waals surface area contributed by atoms with Gasteiger partial charge in [0.2, 0.25) is 0 Å². The topological polar surface area (TPSA) is 15.7 Å². The van der Waals surface area contributed by atoms with E-state index in [0.29, 0.717) is 0 Å². The smallest absolute Gasteiger partial charge is 0.813 e. The minimum atomic E-state index is -2.38. The van der Waals surface area contributed by atoms with Crippen molar-refractivity contribution >= 4 is 74.3 Å². The summed E-state index contributed by atoms with van der Waals surface area (Å²) in [7, 11) is 5.42. The van der Waals surface area contributed by atoms with Crippen LogP contribution in [0, 0.1) is 0 Å². The zero-order valence-corrected chi connectivity index (χ0v) is 37.2. The number of unbranched alkanes of at least 4 members (excludes halogenated alkanes) is 6. The van der Waals surface area contributed by atoms with Crippen LogP contribution >= 0.6 is 24.8 Å². The number of hydrogen-bond acceptors (Lipinski definition) is 4. The molecule has 4 rings (SSSR count). The Kier molecular flexibility index (Phi) is 24.0. The van der Waals surface area contributed by atoms with Gasteiger partial charge in [0.05, 0.1) is 0 Å². The van der Waals surface area contributed by atoms with E-state index in [1.54, 1.807) is 0 Å². The second-order valence-electron chi connectivity index (χ2n) is 13.5. The summed E-state index contributed by atoms with van der Waals surface area (Å²) in [5, 5.41) is 2.95. The van der Waals surface area contributed by atoms with Crippen LogP contribution in [-0.2, 0) is 18.2 Å². The normalized spacial score (nSPS) is 14.9. The van der Waals surface area contributed by atoms with Gasteiger partial charge in [0, 0.05) is 13.2 Å². The largest absolute Gasteiger partial charge is 1.00 e. The van der Waals surface area contributed by atoms with Crippen molar-refractivity contribution in [3.63, 3.8) is 0 Å². The summed E-state index contributed by atoms with van der Waals surface area (Å²) >= 11 is -2.38. The molecule has 2 aromatic carbocycles. The SMILES string of the molecule is C1CCOC1.CCCC[P+](CCCC)(CCCC)[N]1c2cccc3cccc(c23)[N]([P+](CCCC)(CCCC)CCCC)[Ge]1[Cl].[Cl-].[SH-]. The molecular formula is C38H69Cl2GeN2OP2S. The molecule has 0 N–H and O–H groups in total. The molecule has 3 nitrogen and oxygen atoms in total. The van der Waals surface area contributed by atoms with Crippen molar-refractivity contribution in [1.82, 2.24) is 0 Å². The molecule has 0 bridgehead atoms. The van der Waals surface area contributed by atoms with Crippen LogP contribution in [0.4, 0.5) is 11.4 Å². The maximum Gasteiger partial charge on any atom is -0.813 e. The molecule has 2 heterocycles. The average Bonchev–Trinajstić information content (AvgIpc) is 3.66. The zero-order chi connectivity index (χ0) is 32.5. The molecule has 0 saturated carbocycles. The van der Waals surface area contributed by atoms with Crippen molar-refractivity contribution in [2.24, 2.45) is 0 Å².